The molecule has 5 aromatic rings. The Morgan fingerprint density at radius 2 is 2.11 bits per heavy atom. The monoisotopic (exact) mass is 487 g/mol. The summed E-state index contributed by atoms with van der Waals surface area (Å²) in [5.74, 6) is 0. The van der Waals surface area contributed by atoms with Gasteiger partial charge < -0.3 is 19.8 Å². The van der Waals surface area contributed by atoms with Gasteiger partial charge in [-0.2, -0.15) is 5.10 Å². The van der Waals surface area contributed by atoms with E-state index in [1.165, 1.54) is 0 Å². The van der Waals surface area contributed by atoms with E-state index >= 15 is 0 Å². The third-order valence-corrected chi connectivity index (χ3v) is 7.56. The van der Waals surface area contributed by atoms with Crippen LogP contribution in [-0.4, -0.2) is 51.8 Å². The van der Waals surface area contributed by atoms with Gasteiger partial charge in [-0.25, -0.2) is 19.7 Å². The second-order valence-electron chi connectivity index (χ2n) is 9.44. The number of urea groups is 1. The van der Waals surface area contributed by atoms with Crippen LogP contribution in [0.2, 0.25) is 5.02 Å². The molecule has 1 aliphatic heterocycles. The largest absolute Gasteiger partial charge is 0.338 e. The molecule has 1 fully saturated rings. The van der Waals surface area contributed by atoms with E-state index in [0.29, 0.717) is 23.8 Å². The van der Waals surface area contributed by atoms with Gasteiger partial charge in [-0.05, 0) is 31.9 Å². The molecule has 35 heavy (non-hydrogen) atoms. The lowest BCUT2D eigenvalue weighted by molar-refractivity contribution is 0.177. The van der Waals surface area contributed by atoms with Gasteiger partial charge in [0.25, 0.3) is 0 Å². The summed E-state index contributed by atoms with van der Waals surface area (Å²) < 4.78 is 3.99. The summed E-state index contributed by atoms with van der Waals surface area (Å²) in [6.07, 6.45) is 8.74. The van der Waals surface area contributed by atoms with Crippen molar-refractivity contribution in [3.05, 3.63) is 53.5 Å². The van der Waals surface area contributed by atoms with Gasteiger partial charge in [0, 0.05) is 48.0 Å². The van der Waals surface area contributed by atoms with Crippen LogP contribution < -0.4 is 5.32 Å². The number of carbonyl (C=O) groups excluding carboxylic acids is 1. The number of fused-ring (bicyclic) bond motifs is 5. The van der Waals surface area contributed by atoms with Crippen molar-refractivity contribution in [3.63, 3.8) is 0 Å². The molecule has 0 saturated heterocycles. The minimum Gasteiger partial charge on any atom is -0.338 e. The molecule has 0 bridgehead atoms. The van der Waals surface area contributed by atoms with Crippen LogP contribution in [0.25, 0.3) is 33.3 Å². The Balaban J connectivity index is 1.43. The zero-order valence-electron chi connectivity index (χ0n) is 19.2. The molecule has 10 nitrogen and oxygen atoms in total. The Bertz CT molecular complexity index is 1660. The van der Waals surface area contributed by atoms with Crippen molar-refractivity contribution in [3.8, 4) is 11.3 Å². The number of rotatable bonds is 2. The van der Waals surface area contributed by atoms with Crippen molar-refractivity contribution in [1.29, 1.82) is 0 Å². The SMILES string of the molecule is Cc1ncnc2c1c(-c1[nH]c3ncccc3c1Cl)c1n2C2(CC2)CN(C(=O)Nc2cnn(C)c2)C1. The highest BCUT2D eigenvalue weighted by molar-refractivity contribution is 6.38. The van der Waals surface area contributed by atoms with Crippen molar-refractivity contribution in [2.24, 2.45) is 7.05 Å². The predicted octanol–water partition coefficient (Wildman–Crippen LogP) is 4.21. The van der Waals surface area contributed by atoms with Crippen molar-refractivity contribution in [2.75, 3.05) is 11.9 Å². The molecule has 11 heteroatoms. The molecule has 2 aliphatic rings. The number of hydrogen-bond acceptors (Lipinski definition) is 5. The molecule has 0 aromatic carbocycles. The first-order chi connectivity index (χ1) is 16.9. The molecule has 176 valence electrons. The number of halogens is 1. The summed E-state index contributed by atoms with van der Waals surface area (Å²) in [5.41, 5.74) is 5.68. The summed E-state index contributed by atoms with van der Waals surface area (Å²) in [6, 6.07) is 3.67. The van der Waals surface area contributed by atoms with Crippen LogP contribution in [0, 0.1) is 6.92 Å². The summed E-state index contributed by atoms with van der Waals surface area (Å²) in [6.45, 7) is 3.01. The van der Waals surface area contributed by atoms with E-state index in [0.717, 1.165) is 57.6 Å². The third kappa shape index (κ3) is 2.92. The maximum Gasteiger partial charge on any atom is 0.322 e. The highest BCUT2D eigenvalue weighted by atomic mass is 35.5. The van der Waals surface area contributed by atoms with Crippen molar-refractivity contribution >= 4 is 45.4 Å². The Morgan fingerprint density at radius 1 is 1.26 bits per heavy atom. The Morgan fingerprint density at radius 3 is 2.86 bits per heavy atom. The van der Waals surface area contributed by atoms with Gasteiger partial charge in [0.05, 0.1) is 40.4 Å². The molecule has 1 aliphatic carbocycles. The maximum atomic E-state index is 13.3. The lowest BCUT2D eigenvalue weighted by Crippen LogP contribution is -2.46. The topological polar surface area (TPSA) is 110 Å². The van der Waals surface area contributed by atoms with Crippen LogP contribution in [0.3, 0.4) is 0 Å². The van der Waals surface area contributed by atoms with Crippen LogP contribution in [0.4, 0.5) is 10.5 Å². The molecule has 6 heterocycles. The van der Waals surface area contributed by atoms with Gasteiger partial charge in [0.2, 0.25) is 0 Å². The third-order valence-electron chi connectivity index (χ3n) is 7.16. The number of pyridine rings is 1. The second-order valence-corrected chi connectivity index (χ2v) is 9.82. The maximum absolute atomic E-state index is 13.3. The van der Waals surface area contributed by atoms with Crippen molar-refractivity contribution in [1.82, 2.24) is 39.2 Å². The molecule has 1 saturated carbocycles. The Labute approximate surface area is 204 Å². The van der Waals surface area contributed by atoms with Crippen LogP contribution in [0.15, 0.2) is 37.1 Å². The van der Waals surface area contributed by atoms with E-state index in [9.17, 15) is 4.79 Å². The molecule has 2 amide bonds. The number of amides is 2. The predicted molar refractivity (Wildman–Crippen MR) is 132 cm³/mol. The van der Waals surface area contributed by atoms with Crippen LogP contribution in [-0.2, 0) is 19.1 Å². The number of aromatic nitrogens is 7. The zero-order valence-corrected chi connectivity index (χ0v) is 20.0. The number of hydrogen-bond donors (Lipinski definition) is 2. The Kier molecular flexibility index (Phi) is 4.12. The van der Waals surface area contributed by atoms with Crippen LogP contribution in [0.1, 0.15) is 24.2 Å². The van der Waals surface area contributed by atoms with Crippen LogP contribution in [0.5, 0.6) is 0 Å². The van der Waals surface area contributed by atoms with Gasteiger partial charge >= 0.3 is 6.03 Å². The average molecular weight is 488 g/mol. The number of anilines is 1. The quantitative estimate of drug-likeness (QED) is 0.387. The van der Waals surface area contributed by atoms with E-state index in [4.69, 9.17) is 16.6 Å². The molecule has 0 atom stereocenters. The van der Waals surface area contributed by atoms with Gasteiger partial charge in [-0.3, -0.25) is 4.68 Å². The van der Waals surface area contributed by atoms with E-state index in [1.807, 2.05) is 31.0 Å². The number of carbonyl (C=O) groups is 1. The summed E-state index contributed by atoms with van der Waals surface area (Å²) >= 11 is 6.92. The molecule has 1 spiro atoms. The van der Waals surface area contributed by atoms with Crippen molar-refractivity contribution < 1.29 is 4.79 Å². The number of nitrogens with zero attached hydrogens (tertiary/aromatic N) is 7. The fourth-order valence-electron chi connectivity index (χ4n) is 5.42. The molecule has 7 rings (SSSR count). The summed E-state index contributed by atoms with van der Waals surface area (Å²) in [5, 5.41) is 9.56. The lowest BCUT2D eigenvalue weighted by atomic mass is 10.0. The van der Waals surface area contributed by atoms with Gasteiger partial charge in [-0.15, -0.1) is 0 Å². The van der Waals surface area contributed by atoms with Gasteiger partial charge in [0.1, 0.15) is 17.6 Å². The van der Waals surface area contributed by atoms with E-state index in [1.54, 1.807) is 29.6 Å². The number of nitrogens with one attached hydrogen (secondary N) is 2. The minimum atomic E-state index is -0.187. The number of H-pyrrole nitrogens is 1. The minimum absolute atomic E-state index is 0.154. The molecule has 2 N–H and O–H groups in total. The highest BCUT2D eigenvalue weighted by Crippen LogP contribution is 2.53. The first-order valence-electron chi connectivity index (χ1n) is 11.5. The lowest BCUT2D eigenvalue weighted by Gasteiger charge is -2.36. The average Bonchev–Trinajstić information content (AvgIpc) is 3.17. The summed E-state index contributed by atoms with van der Waals surface area (Å²) in [4.78, 5) is 32.3. The normalized spacial score (nSPS) is 16.3. The molecular formula is C24H22ClN9O. The highest BCUT2D eigenvalue weighted by Gasteiger charge is 2.52. The Hall–Kier alpha value is -3.92. The molecular weight excluding hydrogens is 466 g/mol. The molecule has 0 unspecified atom stereocenters. The summed E-state index contributed by atoms with van der Waals surface area (Å²) in [7, 11) is 1.82. The molecule has 5 aromatic heterocycles. The fourth-order valence-corrected chi connectivity index (χ4v) is 5.71. The van der Waals surface area contributed by atoms with E-state index in [2.05, 4.69) is 29.9 Å². The standard InChI is InChI=1S/C24H22ClN9O/c1-13-17-18(20-19(25)15-4-3-7-26-21(15)31-20)16-10-33(23(35)30-14-8-29-32(2)9-14)11-24(5-6-24)34(16)22(17)28-12-27-13/h3-4,7-9,12H,5-6,10-11H2,1-2H3,(H,26,31)(H,30,35). The van der Waals surface area contributed by atoms with E-state index < -0.39 is 0 Å². The second kappa shape index (κ2) is 7.05. The first-order valence-corrected chi connectivity index (χ1v) is 11.9. The number of aromatic amines is 1. The zero-order chi connectivity index (χ0) is 23.9. The smallest absolute Gasteiger partial charge is 0.322 e. The van der Waals surface area contributed by atoms with E-state index in [-0.39, 0.29) is 11.6 Å². The fraction of sp³-hybridized carbons (Fsp3) is 0.292. The van der Waals surface area contributed by atoms with Crippen molar-refractivity contribution in [2.45, 2.75) is 31.8 Å². The van der Waals surface area contributed by atoms with Gasteiger partial charge in [0.15, 0.2) is 0 Å². The first kappa shape index (κ1) is 20.5. The van der Waals surface area contributed by atoms with Crippen LogP contribution >= 0.6 is 11.6 Å². The van der Waals surface area contributed by atoms with Gasteiger partial charge in [-0.1, -0.05) is 11.6 Å². The molecule has 0 radical (unpaired) electrons. The number of aryl methyl sites for hydroxylation is 2.